The van der Waals surface area contributed by atoms with Crippen molar-refractivity contribution < 1.29 is 9.36 Å². The summed E-state index contributed by atoms with van der Waals surface area (Å²) < 4.78 is 1.81. The van der Waals surface area contributed by atoms with Crippen LogP contribution in [0, 0.1) is 0 Å². The minimum absolute atomic E-state index is 0.0568. The van der Waals surface area contributed by atoms with Crippen molar-refractivity contribution in [2.24, 2.45) is 0 Å². The third-order valence-corrected chi connectivity index (χ3v) is 5.70. The molecule has 33 heavy (non-hydrogen) atoms. The Bertz CT molecular complexity index is 1340. The van der Waals surface area contributed by atoms with Crippen molar-refractivity contribution in [1.29, 1.82) is 0 Å². The van der Waals surface area contributed by atoms with Gasteiger partial charge in [-0.05, 0) is 39.4 Å². The van der Waals surface area contributed by atoms with Crippen molar-refractivity contribution in [3.8, 4) is 33.5 Å². The minimum Gasteiger partial charge on any atom is -0.290 e. The second-order valence-electron chi connectivity index (χ2n) is 7.93. The van der Waals surface area contributed by atoms with E-state index in [1.54, 1.807) is 6.33 Å². The highest BCUT2D eigenvalue weighted by atomic mass is 16.1. The van der Waals surface area contributed by atoms with Crippen LogP contribution >= 0.6 is 0 Å². The van der Waals surface area contributed by atoms with Gasteiger partial charge in [-0.25, -0.2) is 4.57 Å². The lowest BCUT2D eigenvalue weighted by atomic mass is 10.0. The number of rotatable bonds is 6. The van der Waals surface area contributed by atoms with Gasteiger partial charge in [0.15, 0.2) is 12.2 Å². The molecule has 0 aliphatic heterocycles. The minimum atomic E-state index is 0.0568. The molecule has 0 saturated carbocycles. The summed E-state index contributed by atoms with van der Waals surface area (Å²) in [4.78, 5) is 17.3. The van der Waals surface area contributed by atoms with Gasteiger partial charge in [0.25, 0.3) is 6.33 Å². The van der Waals surface area contributed by atoms with Gasteiger partial charge in [0, 0.05) is 17.2 Å². The topological polar surface area (TPSA) is 33.8 Å². The zero-order chi connectivity index (χ0) is 22.5. The molecule has 0 radical (unpaired) electrons. The van der Waals surface area contributed by atoms with E-state index >= 15 is 0 Å². The third kappa shape index (κ3) is 4.78. The summed E-state index contributed by atoms with van der Waals surface area (Å²) in [7, 11) is 0. The number of aromatic nitrogens is 2. The van der Waals surface area contributed by atoms with Crippen LogP contribution in [0.15, 0.2) is 128 Å². The van der Waals surface area contributed by atoms with E-state index < -0.39 is 0 Å². The van der Waals surface area contributed by atoms with E-state index in [9.17, 15) is 4.79 Å². The van der Waals surface area contributed by atoms with Gasteiger partial charge >= 0.3 is 0 Å². The van der Waals surface area contributed by atoms with Crippen LogP contribution in [0.1, 0.15) is 10.4 Å². The molecule has 3 heteroatoms. The summed E-state index contributed by atoms with van der Waals surface area (Å²) in [6.07, 6.45) is 3.63. The average molecular weight is 428 g/mol. The molecule has 4 aromatic carbocycles. The monoisotopic (exact) mass is 427 g/mol. The largest absolute Gasteiger partial charge is 0.290 e. The van der Waals surface area contributed by atoms with Crippen molar-refractivity contribution in [3.05, 3.63) is 133 Å². The molecule has 5 aromatic rings. The first-order chi connectivity index (χ1) is 16.3. The molecule has 0 fully saturated rings. The SMILES string of the molecule is O=C(C[n+]1ccc(-c2ccc(-c3ccccc3)cc2)nc1)c1ccc(-c2ccccc2)cc1. The summed E-state index contributed by atoms with van der Waals surface area (Å²) in [6.45, 7) is 0.255. The number of hydrogen-bond acceptors (Lipinski definition) is 2. The number of hydrogen-bond donors (Lipinski definition) is 0. The summed E-state index contributed by atoms with van der Waals surface area (Å²) in [5.74, 6) is 0.0568. The predicted octanol–water partition coefficient (Wildman–Crippen LogP) is 6.25. The summed E-state index contributed by atoms with van der Waals surface area (Å²) in [5.41, 5.74) is 7.23. The Labute approximate surface area is 193 Å². The van der Waals surface area contributed by atoms with Gasteiger partial charge in [-0.1, -0.05) is 97.1 Å². The first-order valence-electron chi connectivity index (χ1n) is 11.0. The zero-order valence-corrected chi connectivity index (χ0v) is 18.1. The van der Waals surface area contributed by atoms with Crippen LogP contribution in [-0.2, 0) is 6.54 Å². The van der Waals surface area contributed by atoms with Crippen LogP contribution in [0.5, 0.6) is 0 Å². The van der Waals surface area contributed by atoms with Gasteiger partial charge in [-0.2, -0.15) is 0 Å². The van der Waals surface area contributed by atoms with E-state index in [1.165, 1.54) is 11.1 Å². The van der Waals surface area contributed by atoms with Crippen LogP contribution in [0.25, 0.3) is 33.5 Å². The van der Waals surface area contributed by atoms with Gasteiger partial charge in [0.05, 0.1) is 6.20 Å². The van der Waals surface area contributed by atoms with Crippen LogP contribution in [0.2, 0.25) is 0 Å². The smallest absolute Gasteiger partial charge is 0.287 e. The molecule has 158 valence electrons. The maximum absolute atomic E-state index is 12.7. The summed E-state index contributed by atoms with van der Waals surface area (Å²) in [6, 6.07) is 38.5. The van der Waals surface area contributed by atoms with Crippen molar-refractivity contribution in [1.82, 2.24) is 4.98 Å². The predicted molar refractivity (Wildman–Crippen MR) is 132 cm³/mol. The summed E-state index contributed by atoms with van der Waals surface area (Å²) >= 11 is 0. The van der Waals surface area contributed by atoms with E-state index in [1.807, 2.05) is 77.5 Å². The maximum Gasteiger partial charge on any atom is 0.287 e. The Balaban J connectivity index is 1.25. The Morgan fingerprint density at radius 3 is 1.58 bits per heavy atom. The van der Waals surface area contributed by atoms with Crippen LogP contribution in [0.4, 0.5) is 0 Å². The van der Waals surface area contributed by atoms with Crippen LogP contribution in [0.3, 0.4) is 0 Å². The zero-order valence-electron chi connectivity index (χ0n) is 18.1. The molecule has 0 unspecified atom stereocenters. The van der Waals surface area contributed by atoms with Crippen LogP contribution in [-0.4, -0.2) is 10.8 Å². The summed E-state index contributed by atoms with van der Waals surface area (Å²) in [5, 5.41) is 0. The molecule has 0 saturated heterocycles. The quantitative estimate of drug-likeness (QED) is 0.237. The fourth-order valence-corrected chi connectivity index (χ4v) is 3.85. The average Bonchev–Trinajstić information content (AvgIpc) is 2.90. The first kappa shape index (κ1) is 20.5. The van der Waals surface area contributed by atoms with Crippen molar-refractivity contribution in [2.45, 2.75) is 6.54 Å². The van der Waals surface area contributed by atoms with Crippen molar-refractivity contribution >= 4 is 5.78 Å². The second kappa shape index (κ2) is 9.41. The molecule has 0 bridgehead atoms. The third-order valence-electron chi connectivity index (χ3n) is 5.70. The van der Waals surface area contributed by atoms with Gasteiger partial charge in [-0.3, -0.25) is 4.79 Å². The standard InChI is InChI=1S/C30H23N2O/c33-30(28-17-13-26(14-18-28)24-9-5-2-6-10-24)21-32-20-19-29(31-22-32)27-15-11-25(12-16-27)23-7-3-1-4-8-23/h1-20,22H,21H2/q+1. The Hall–Kier alpha value is -4.37. The Morgan fingerprint density at radius 2 is 1.06 bits per heavy atom. The fourth-order valence-electron chi connectivity index (χ4n) is 3.85. The highest BCUT2D eigenvalue weighted by Crippen LogP contribution is 2.23. The van der Waals surface area contributed by atoms with E-state index in [0.29, 0.717) is 5.56 Å². The number of ketones is 1. The fraction of sp³-hybridized carbons (Fsp3) is 0.0333. The lowest BCUT2D eigenvalue weighted by Gasteiger charge is -2.04. The van der Waals surface area contributed by atoms with Crippen molar-refractivity contribution in [3.63, 3.8) is 0 Å². The van der Waals surface area contributed by atoms with E-state index in [-0.39, 0.29) is 12.3 Å². The van der Waals surface area contributed by atoms with Gasteiger partial charge < -0.3 is 0 Å². The van der Waals surface area contributed by atoms with Gasteiger partial charge in [0.1, 0.15) is 0 Å². The van der Waals surface area contributed by atoms with E-state index in [4.69, 9.17) is 0 Å². The van der Waals surface area contributed by atoms with Crippen molar-refractivity contribution in [2.75, 3.05) is 0 Å². The Kier molecular flexibility index (Phi) is 5.85. The maximum atomic E-state index is 12.7. The Morgan fingerprint density at radius 1 is 0.576 bits per heavy atom. The molecule has 0 aliphatic rings. The molecule has 0 aliphatic carbocycles. The molecule has 1 aromatic heterocycles. The molecule has 0 atom stereocenters. The molecule has 5 rings (SSSR count). The highest BCUT2D eigenvalue weighted by molar-refractivity contribution is 5.95. The first-order valence-corrected chi connectivity index (χ1v) is 11.0. The number of Topliss-reactive ketones (excluding diaryl/α,β-unsaturated/α-hetero) is 1. The molecule has 0 spiro atoms. The molecular formula is C30H23N2O+. The molecule has 3 nitrogen and oxygen atoms in total. The second-order valence-corrected chi connectivity index (χ2v) is 7.93. The molecular weight excluding hydrogens is 404 g/mol. The van der Waals surface area contributed by atoms with Gasteiger partial charge in [0.2, 0.25) is 5.78 Å². The van der Waals surface area contributed by atoms with E-state index in [2.05, 4.69) is 53.5 Å². The number of nitrogens with zero attached hydrogens (tertiary/aromatic N) is 2. The highest BCUT2D eigenvalue weighted by Gasteiger charge is 2.12. The number of carbonyl (C=O) groups excluding carboxylic acids is 1. The van der Waals surface area contributed by atoms with Crippen LogP contribution < -0.4 is 4.57 Å². The molecule has 1 heterocycles. The van der Waals surface area contributed by atoms with E-state index in [0.717, 1.165) is 22.4 Å². The molecule has 0 amide bonds. The number of carbonyl (C=O) groups is 1. The lowest BCUT2D eigenvalue weighted by Crippen LogP contribution is -2.37. The normalized spacial score (nSPS) is 10.7. The lowest BCUT2D eigenvalue weighted by molar-refractivity contribution is -0.686. The number of benzene rings is 4. The molecule has 0 N–H and O–H groups in total. The van der Waals surface area contributed by atoms with Gasteiger partial charge in [-0.15, -0.1) is 0 Å².